The summed E-state index contributed by atoms with van der Waals surface area (Å²) in [4.78, 5) is 10.6. The SMILES string of the molecule is CC(CCc1cnn(C(C)C)c1)C(=O)O. The number of rotatable bonds is 5. The highest BCUT2D eigenvalue weighted by atomic mass is 16.4. The third kappa shape index (κ3) is 3.38. The maximum atomic E-state index is 10.6. The van der Waals surface area contributed by atoms with Crippen molar-refractivity contribution in [2.45, 2.75) is 39.7 Å². The highest BCUT2D eigenvalue weighted by Crippen LogP contribution is 2.11. The fraction of sp³-hybridized carbons (Fsp3) is 0.636. The van der Waals surface area contributed by atoms with Crippen LogP contribution in [0.2, 0.25) is 0 Å². The smallest absolute Gasteiger partial charge is 0.306 e. The maximum Gasteiger partial charge on any atom is 0.306 e. The van der Waals surface area contributed by atoms with Crippen LogP contribution < -0.4 is 0 Å². The van der Waals surface area contributed by atoms with Crippen LogP contribution in [0, 0.1) is 5.92 Å². The molecule has 4 nitrogen and oxygen atoms in total. The second-order valence-electron chi connectivity index (χ2n) is 4.20. The predicted octanol–water partition coefficient (Wildman–Crippen LogP) is 2.12. The zero-order valence-corrected chi connectivity index (χ0v) is 9.47. The van der Waals surface area contributed by atoms with Crippen molar-refractivity contribution in [3.05, 3.63) is 18.0 Å². The van der Waals surface area contributed by atoms with Gasteiger partial charge in [0, 0.05) is 12.2 Å². The van der Waals surface area contributed by atoms with Crippen LogP contribution in [0.15, 0.2) is 12.4 Å². The van der Waals surface area contributed by atoms with Crippen LogP contribution in [0.25, 0.3) is 0 Å². The van der Waals surface area contributed by atoms with Crippen molar-refractivity contribution in [1.29, 1.82) is 0 Å². The van der Waals surface area contributed by atoms with Gasteiger partial charge in [0.05, 0.1) is 12.1 Å². The maximum absolute atomic E-state index is 10.6. The van der Waals surface area contributed by atoms with Crippen LogP contribution in [0.4, 0.5) is 0 Å². The Balaban J connectivity index is 2.47. The van der Waals surface area contributed by atoms with Gasteiger partial charge in [-0.15, -0.1) is 0 Å². The highest BCUT2D eigenvalue weighted by molar-refractivity contribution is 5.69. The third-order valence-electron chi connectivity index (χ3n) is 2.47. The van der Waals surface area contributed by atoms with Gasteiger partial charge in [0.1, 0.15) is 0 Å². The highest BCUT2D eigenvalue weighted by Gasteiger charge is 2.11. The van der Waals surface area contributed by atoms with E-state index >= 15 is 0 Å². The number of carbonyl (C=O) groups is 1. The second kappa shape index (κ2) is 4.96. The lowest BCUT2D eigenvalue weighted by Crippen LogP contribution is -2.10. The van der Waals surface area contributed by atoms with Crippen LogP contribution >= 0.6 is 0 Å². The van der Waals surface area contributed by atoms with E-state index in [2.05, 4.69) is 18.9 Å². The third-order valence-corrected chi connectivity index (χ3v) is 2.47. The van der Waals surface area contributed by atoms with E-state index in [1.165, 1.54) is 0 Å². The van der Waals surface area contributed by atoms with Crippen LogP contribution in [-0.4, -0.2) is 20.9 Å². The number of carboxylic acids is 1. The van der Waals surface area contributed by atoms with E-state index in [4.69, 9.17) is 5.11 Å². The molecule has 1 aromatic rings. The zero-order chi connectivity index (χ0) is 11.4. The van der Waals surface area contributed by atoms with Crippen molar-refractivity contribution >= 4 is 5.97 Å². The summed E-state index contributed by atoms with van der Waals surface area (Å²) in [5, 5.41) is 12.9. The van der Waals surface area contributed by atoms with Crippen molar-refractivity contribution in [2.75, 3.05) is 0 Å². The molecule has 1 heterocycles. The van der Waals surface area contributed by atoms with Gasteiger partial charge in [-0.1, -0.05) is 6.92 Å². The molecule has 1 N–H and O–H groups in total. The van der Waals surface area contributed by atoms with E-state index in [0.29, 0.717) is 12.5 Å². The molecule has 0 fully saturated rings. The minimum atomic E-state index is -0.730. The molecule has 1 rings (SSSR count). The molecular weight excluding hydrogens is 192 g/mol. The summed E-state index contributed by atoms with van der Waals surface area (Å²) in [6.07, 6.45) is 5.24. The number of nitrogens with zero attached hydrogens (tertiary/aromatic N) is 2. The Labute approximate surface area is 89.9 Å². The Morgan fingerprint density at radius 1 is 1.53 bits per heavy atom. The molecular formula is C11H18N2O2. The van der Waals surface area contributed by atoms with Gasteiger partial charge < -0.3 is 5.11 Å². The normalized spacial score (nSPS) is 13.1. The van der Waals surface area contributed by atoms with Gasteiger partial charge in [-0.3, -0.25) is 9.48 Å². The first-order valence-corrected chi connectivity index (χ1v) is 5.26. The Kier molecular flexibility index (Phi) is 3.88. The zero-order valence-electron chi connectivity index (χ0n) is 9.47. The summed E-state index contributed by atoms with van der Waals surface area (Å²) >= 11 is 0. The molecule has 0 saturated carbocycles. The van der Waals surface area contributed by atoms with E-state index in [-0.39, 0.29) is 5.92 Å². The van der Waals surface area contributed by atoms with Crippen LogP contribution in [0.3, 0.4) is 0 Å². The Morgan fingerprint density at radius 3 is 2.67 bits per heavy atom. The van der Waals surface area contributed by atoms with Gasteiger partial charge in [0.25, 0.3) is 0 Å². The van der Waals surface area contributed by atoms with Crippen molar-refractivity contribution < 1.29 is 9.90 Å². The molecule has 0 radical (unpaired) electrons. The molecule has 1 unspecified atom stereocenters. The van der Waals surface area contributed by atoms with E-state index in [9.17, 15) is 4.79 Å². The molecule has 1 atom stereocenters. The number of aromatic nitrogens is 2. The lowest BCUT2D eigenvalue weighted by atomic mass is 10.0. The molecule has 0 aliphatic carbocycles. The fourth-order valence-electron chi connectivity index (χ4n) is 1.30. The Bertz CT molecular complexity index is 331. The van der Waals surface area contributed by atoms with E-state index < -0.39 is 5.97 Å². The van der Waals surface area contributed by atoms with Crippen molar-refractivity contribution in [3.8, 4) is 0 Å². The largest absolute Gasteiger partial charge is 0.481 e. The molecule has 0 saturated heterocycles. The van der Waals surface area contributed by atoms with Gasteiger partial charge in [-0.25, -0.2) is 0 Å². The minimum Gasteiger partial charge on any atom is -0.481 e. The Hall–Kier alpha value is -1.32. The topological polar surface area (TPSA) is 55.1 Å². The number of aryl methyl sites for hydroxylation is 1. The van der Waals surface area contributed by atoms with Gasteiger partial charge in [-0.05, 0) is 32.3 Å². The number of aliphatic carboxylic acids is 1. The summed E-state index contributed by atoms with van der Waals surface area (Å²) in [6.45, 7) is 5.86. The van der Waals surface area contributed by atoms with E-state index in [0.717, 1.165) is 12.0 Å². The predicted molar refractivity (Wildman–Crippen MR) is 57.7 cm³/mol. The molecule has 0 amide bonds. The Morgan fingerprint density at radius 2 is 2.20 bits per heavy atom. The average Bonchev–Trinajstić information content (AvgIpc) is 2.62. The summed E-state index contributed by atoms with van der Waals surface area (Å²) in [5.74, 6) is -1.02. The van der Waals surface area contributed by atoms with Gasteiger partial charge in [-0.2, -0.15) is 5.10 Å². The monoisotopic (exact) mass is 210 g/mol. The summed E-state index contributed by atoms with van der Waals surface area (Å²) in [6, 6.07) is 0.357. The molecule has 1 aromatic heterocycles. The van der Waals surface area contributed by atoms with Crippen LogP contribution in [-0.2, 0) is 11.2 Å². The second-order valence-corrected chi connectivity index (χ2v) is 4.20. The average molecular weight is 210 g/mol. The first-order valence-electron chi connectivity index (χ1n) is 5.26. The summed E-state index contributed by atoms with van der Waals surface area (Å²) in [5.41, 5.74) is 1.11. The van der Waals surface area contributed by atoms with Crippen molar-refractivity contribution in [3.63, 3.8) is 0 Å². The number of hydrogen-bond donors (Lipinski definition) is 1. The first-order chi connectivity index (χ1) is 7.00. The van der Waals surface area contributed by atoms with Crippen LogP contribution in [0.1, 0.15) is 38.8 Å². The fourth-order valence-corrected chi connectivity index (χ4v) is 1.30. The van der Waals surface area contributed by atoms with Crippen molar-refractivity contribution in [2.24, 2.45) is 5.92 Å². The molecule has 0 aliphatic heterocycles. The molecule has 0 bridgehead atoms. The summed E-state index contributed by atoms with van der Waals surface area (Å²) < 4.78 is 1.89. The molecule has 84 valence electrons. The molecule has 0 aliphatic rings. The van der Waals surface area contributed by atoms with E-state index in [1.807, 2.05) is 17.1 Å². The van der Waals surface area contributed by atoms with Gasteiger partial charge >= 0.3 is 5.97 Å². The minimum absolute atomic E-state index is 0.285. The van der Waals surface area contributed by atoms with Crippen molar-refractivity contribution in [1.82, 2.24) is 9.78 Å². The molecule has 0 spiro atoms. The summed E-state index contributed by atoms with van der Waals surface area (Å²) in [7, 11) is 0. The molecule has 15 heavy (non-hydrogen) atoms. The lowest BCUT2D eigenvalue weighted by Gasteiger charge is -2.04. The molecule has 4 heteroatoms. The van der Waals surface area contributed by atoms with E-state index in [1.54, 1.807) is 6.92 Å². The first kappa shape index (κ1) is 11.8. The number of hydrogen-bond acceptors (Lipinski definition) is 2. The van der Waals surface area contributed by atoms with Crippen LogP contribution in [0.5, 0.6) is 0 Å². The molecule has 0 aromatic carbocycles. The van der Waals surface area contributed by atoms with Gasteiger partial charge in [0.2, 0.25) is 0 Å². The number of carboxylic acid groups (broad SMARTS) is 1. The quantitative estimate of drug-likeness (QED) is 0.809. The lowest BCUT2D eigenvalue weighted by molar-refractivity contribution is -0.141. The van der Waals surface area contributed by atoms with Gasteiger partial charge in [0.15, 0.2) is 0 Å². The standard InChI is InChI=1S/C11H18N2O2/c1-8(2)13-7-10(6-12-13)5-4-9(3)11(14)15/h6-9H,4-5H2,1-3H3,(H,14,15).